The second-order valence-corrected chi connectivity index (χ2v) is 6.88. The molecule has 2 atom stereocenters. The third-order valence-corrected chi connectivity index (χ3v) is 4.86. The number of nitrogens with zero attached hydrogens (tertiary/aromatic N) is 4. The molecule has 2 heterocycles. The molecular weight excluding hydrogens is 300 g/mol. The van der Waals surface area contributed by atoms with Crippen molar-refractivity contribution in [2.24, 2.45) is 0 Å². The Kier molecular flexibility index (Phi) is 5.43. The van der Waals surface area contributed by atoms with Crippen molar-refractivity contribution in [2.75, 3.05) is 26.2 Å². The van der Waals surface area contributed by atoms with E-state index in [9.17, 15) is 5.11 Å². The van der Waals surface area contributed by atoms with Crippen molar-refractivity contribution in [2.45, 2.75) is 45.9 Å². The Morgan fingerprint density at radius 2 is 2.04 bits per heavy atom. The normalized spacial score (nSPS) is 21.2. The molecule has 1 aliphatic rings. The van der Waals surface area contributed by atoms with Crippen molar-refractivity contribution in [3.05, 3.63) is 35.8 Å². The average Bonchev–Trinajstić information content (AvgIpc) is 2.56. The standard InChI is InChI=1S/C19H28N4O/c1-4-16-12-22(9-10-23(16)11-14(2)24)13-19-20-15(3)17-7-5-6-8-18(17)21-19/h5-8,14,16,24H,4,9-13H2,1-3H3. The monoisotopic (exact) mass is 328 g/mol. The predicted octanol–water partition coefficient (Wildman–Crippen LogP) is 2.22. The Bertz CT molecular complexity index is 688. The van der Waals surface area contributed by atoms with Crippen LogP contribution in [0.25, 0.3) is 10.9 Å². The molecule has 1 fully saturated rings. The van der Waals surface area contributed by atoms with Gasteiger partial charge in [0, 0.05) is 43.3 Å². The Hall–Kier alpha value is -1.56. The maximum Gasteiger partial charge on any atom is 0.143 e. The summed E-state index contributed by atoms with van der Waals surface area (Å²) < 4.78 is 0. The zero-order chi connectivity index (χ0) is 17.1. The molecule has 5 nitrogen and oxygen atoms in total. The number of aliphatic hydroxyl groups excluding tert-OH is 1. The van der Waals surface area contributed by atoms with E-state index in [1.807, 2.05) is 19.1 Å². The highest BCUT2D eigenvalue weighted by Gasteiger charge is 2.26. The third kappa shape index (κ3) is 3.91. The lowest BCUT2D eigenvalue weighted by Gasteiger charge is -2.41. The number of aliphatic hydroxyl groups is 1. The average molecular weight is 328 g/mol. The second kappa shape index (κ2) is 7.55. The fourth-order valence-electron chi connectivity index (χ4n) is 3.63. The number of hydrogen-bond donors (Lipinski definition) is 1. The fraction of sp³-hybridized carbons (Fsp3) is 0.579. The Morgan fingerprint density at radius 1 is 1.25 bits per heavy atom. The van der Waals surface area contributed by atoms with Crippen LogP contribution in [-0.2, 0) is 6.54 Å². The highest BCUT2D eigenvalue weighted by atomic mass is 16.3. The van der Waals surface area contributed by atoms with Crippen LogP contribution in [0, 0.1) is 6.92 Å². The van der Waals surface area contributed by atoms with E-state index in [2.05, 4.69) is 35.8 Å². The number of β-amino-alcohol motifs (C(OH)–C–C–N with tert-alkyl or cyclic N) is 1. The van der Waals surface area contributed by atoms with Crippen molar-refractivity contribution in [1.29, 1.82) is 0 Å². The molecule has 5 heteroatoms. The first-order valence-electron chi connectivity index (χ1n) is 8.93. The van der Waals surface area contributed by atoms with Crippen molar-refractivity contribution >= 4 is 10.9 Å². The summed E-state index contributed by atoms with van der Waals surface area (Å²) in [7, 11) is 0. The summed E-state index contributed by atoms with van der Waals surface area (Å²) in [5.74, 6) is 0.907. The largest absolute Gasteiger partial charge is 0.392 e. The van der Waals surface area contributed by atoms with Crippen molar-refractivity contribution < 1.29 is 5.11 Å². The van der Waals surface area contributed by atoms with Gasteiger partial charge in [0.1, 0.15) is 5.82 Å². The van der Waals surface area contributed by atoms with Gasteiger partial charge in [-0.1, -0.05) is 25.1 Å². The highest BCUT2D eigenvalue weighted by Crippen LogP contribution is 2.18. The number of piperazine rings is 1. The van der Waals surface area contributed by atoms with Crippen molar-refractivity contribution in [3.8, 4) is 0 Å². The molecule has 1 aliphatic heterocycles. The highest BCUT2D eigenvalue weighted by molar-refractivity contribution is 5.80. The van der Waals surface area contributed by atoms with Crippen LogP contribution in [-0.4, -0.2) is 63.2 Å². The number of fused-ring (bicyclic) bond motifs is 1. The van der Waals surface area contributed by atoms with E-state index in [-0.39, 0.29) is 6.10 Å². The van der Waals surface area contributed by atoms with Crippen LogP contribution in [0.3, 0.4) is 0 Å². The molecule has 0 amide bonds. The van der Waals surface area contributed by atoms with Gasteiger partial charge >= 0.3 is 0 Å². The quantitative estimate of drug-likeness (QED) is 0.912. The van der Waals surface area contributed by atoms with Crippen LogP contribution in [0.15, 0.2) is 24.3 Å². The van der Waals surface area contributed by atoms with Crippen LogP contribution in [0.4, 0.5) is 0 Å². The summed E-state index contributed by atoms with van der Waals surface area (Å²) in [6.07, 6.45) is 0.831. The third-order valence-electron chi connectivity index (χ3n) is 4.86. The fourth-order valence-corrected chi connectivity index (χ4v) is 3.63. The van der Waals surface area contributed by atoms with Gasteiger partial charge in [0.25, 0.3) is 0 Å². The first-order valence-corrected chi connectivity index (χ1v) is 8.93. The number of para-hydroxylation sites is 1. The summed E-state index contributed by atoms with van der Waals surface area (Å²) in [4.78, 5) is 14.3. The minimum Gasteiger partial charge on any atom is -0.392 e. The van der Waals surface area contributed by atoms with Crippen LogP contribution >= 0.6 is 0 Å². The molecule has 2 unspecified atom stereocenters. The lowest BCUT2D eigenvalue weighted by Crippen LogP contribution is -2.54. The summed E-state index contributed by atoms with van der Waals surface area (Å²) >= 11 is 0. The Morgan fingerprint density at radius 3 is 2.79 bits per heavy atom. The van der Waals surface area contributed by atoms with Gasteiger partial charge in [-0.2, -0.15) is 0 Å². The van der Waals surface area contributed by atoms with Crippen molar-refractivity contribution in [3.63, 3.8) is 0 Å². The summed E-state index contributed by atoms with van der Waals surface area (Å²) in [6, 6.07) is 8.70. The van der Waals surface area contributed by atoms with E-state index in [4.69, 9.17) is 9.97 Å². The molecule has 0 radical (unpaired) electrons. The molecule has 2 aromatic rings. The molecule has 0 saturated carbocycles. The molecule has 3 rings (SSSR count). The Labute approximate surface area is 144 Å². The van der Waals surface area contributed by atoms with Gasteiger partial charge in [-0.3, -0.25) is 9.80 Å². The van der Waals surface area contributed by atoms with Crippen LogP contribution in [0.1, 0.15) is 31.8 Å². The molecule has 130 valence electrons. The van der Waals surface area contributed by atoms with Crippen molar-refractivity contribution in [1.82, 2.24) is 19.8 Å². The van der Waals surface area contributed by atoms with E-state index in [0.717, 1.165) is 61.6 Å². The van der Waals surface area contributed by atoms with Gasteiger partial charge in [-0.15, -0.1) is 0 Å². The minimum absolute atomic E-state index is 0.267. The van der Waals surface area contributed by atoms with Gasteiger partial charge in [0.2, 0.25) is 0 Å². The van der Waals surface area contributed by atoms with Gasteiger partial charge < -0.3 is 5.11 Å². The van der Waals surface area contributed by atoms with E-state index >= 15 is 0 Å². The maximum atomic E-state index is 9.67. The van der Waals surface area contributed by atoms with E-state index in [1.165, 1.54) is 0 Å². The number of aromatic nitrogens is 2. The van der Waals surface area contributed by atoms with E-state index in [0.29, 0.717) is 6.04 Å². The first kappa shape index (κ1) is 17.3. The topological polar surface area (TPSA) is 52.5 Å². The number of hydrogen-bond acceptors (Lipinski definition) is 5. The molecule has 0 aliphatic carbocycles. The predicted molar refractivity (Wildman–Crippen MR) is 96.9 cm³/mol. The zero-order valence-electron chi connectivity index (χ0n) is 14.9. The van der Waals surface area contributed by atoms with Gasteiger partial charge in [0.05, 0.1) is 18.2 Å². The molecule has 1 N–H and O–H groups in total. The van der Waals surface area contributed by atoms with Gasteiger partial charge in [0.15, 0.2) is 0 Å². The van der Waals surface area contributed by atoms with Crippen LogP contribution < -0.4 is 0 Å². The summed E-state index contributed by atoms with van der Waals surface area (Å²) in [5, 5.41) is 10.8. The van der Waals surface area contributed by atoms with Crippen LogP contribution in [0.5, 0.6) is 0 Å². The number of rotatable bonds is 5. The molecule has 24 heavy (non-hydrogen) atoms. The lowest BCUT2D eigenvalue weighted by molar-refractivity contribution is 0.0329. The van der Waals surface area contributed by atoms with Gasteiger partial charge in [-0.25, -0.2) is 9.97 Å². The number of aryl methyl sites for hydroxylation is 1. The first-order chi connectivity index (χ1) is 11.6. The van der Waals surface area contributed by atoms with Gasteiger partial charge in [-0.05, 0) is 26.3 Å². The molecular formula is C19H28N4O. The zero-order valence-corrected chi connectivity index (χ0v) is 14.9. The van der Waals surface area contributed by atoms with Crippen LogP contribution in [0.2, 0.25) is 0 Å². The summed E-state index contributed by atoms with van der Waals surface area (Å²) in [5.41, 5.74) is 2.08. The minimum atomic E-state index is -0.267. The SMILES string of the molecule is CCC1CN(Cc2nc(C)c3ccccc3n2)CCN1CC(C)O. The second-order valence-electron chi connectivity index (χ2n) is 6.88. The smallest absolute Gasteiger partial charge is 0.143 e. The van der Waals surface area contributed by atoms with E-state index in [1.54, 1.807) is 0 Å². The molecule has 0 bridgehead atoms. The number of benzene rings is 1. The van der Waals surface area contributed by atoms with E-state index < -0.39 is 0 Å². The molecule has 1 aromatic carbocycles. The molecule has 1 saturated heterocycles. The Balaban J connectivity index is 1.70. The molecule has 0 spiro atoms. The lowest BCUT2D eigenvalue weighted by atomic mass is 10.1. The molecule has 1 aromatic heterocycles. The maximum absolute atomic E-state index is 9.67. The summed E-state index contributed by atoms with van der Waals surface area (Å²) in [6.45, 7) is 10.7.